The highest BCUT2D eigenvalue weighted by molar-refractivity contribution is 7.10. The molecule has 18 heavy (non-hydrogen) atoms. The summed E-state index contributed by atoms with van der Waals surface area (Å²) < 4.78 is 0. The summed E-state index contributed by atoms with van der Waals surface area (Å²) in [4.78, 5) is 1.41. The molecule has 1 heterocycles. The van der Waals surface area contributed by atoms with E-state index in [-0.39, 0.29) is 0 Å². The molecule has 0 saturated carbocycles. The second-order valence-electron chi connectivity index (χ2n) is 4.90. The van der Waals surface area contributed by atoms with Crippen LogP contribution in [0.15, 0.2) is 29.6 Å². The molecule has 1 atom stereocenters. The molecule has 1 unspecified atom stereocenters. The molecule has 0 fully saturated rings. The Bertz CT molecular complexity index is 528. The average Bonchev–Trinajstić information content (AvgIpc) is 2.77. The predicted octanol–water partition coefficient (Wildman–Crippen LogP) is 4.18. The lowest BCUT2D eigenvalue weighted by molar-refractivity contribution is 0.591. The molecule has 1 aromatic carbocycles. The van der Waals surface area contributed by atoms with E-state index in [0.29, 0.717) is 6.04 Å². The van der Waals surface area contributed by atoms with Crippen molar-refractivity contribution in [1.82, 2.24) is 5.32 Å². The molecule has 1 nitrogen and oxygen atoms in total. The standard InChI is InChI=1S/C16H21NS/c1-11-5-6-14(9-12(11)2)10-16(17-4)15-7-8-18-13(15)3/h5-9,16-17H,10H2,1-4H3. The first-order valence-electron chi connectivity index (χ1n) is 6.39. The molecule has 0 aliphatic heterocycles. The zero-order chi connectivity index (χ0) is 13.1. The molecule has 2 aromatic rings. The Labute approximate surface area is 114 Å². The van der Waals surface area contributed by atoms with Crippen LogP contribution in [0.4, 0.5) is 0 Å². The lowest BCUT2D eigenvalue weighted by atomic mass is 9.97. The Morgan fingerprint density at radius 2 is 1.89 bits per heavy atom. The monoisotopic (exact) mass is 259 g/mol. The normalized spacial score (nSPS) is 12.7. The fraction of sp³-hybridized carbons (Fsp3) is 0.375. The Morgan fingerprint density at radius 1 is 1.11 bits per heavy atom. The van der Waals surface area contributed by atoms with Gasteiger partial charge in [0.2, 0.25) is 0 Å². The second-order valence-corrected chi connectivity index (χ2v) is 6.02. The quantitative estimate of drug-likeness (QED) is 0.868. The first kappa shape index (κ1) is 13.3. The van der Waals surface area contributed by atoms with Crippen LogP contribution in [0, 0.1) is 20.8 Å². The highest BCUT2D eigenvalue weighted by Gasteiger charge is 2.13. The minimum atomic E-state index is 0.415. The lowest BCUT2D eigenvalue weighted by Gasteiger charge is -2.17. The van der Waals surface area contributed by atoms with Crippen LogP contribution in [0.25, 0.3) is 0 Å². The Balaban J connectivity index is 2.20. The topological polar surface area (TPSA) is 12.0 Å². The summed E-state index contributed by atoms with van der Waals surface area (Å²) >= 11 is 1.82. The summed E-state index contributed by atoms with van der Waals surface area (Å²) in [7, 11) is 2.04. The summed E-state index contributed by atoms with van der Waals surface area (Å²) in [5.41, 5.74) is 5.58. The number of hydrogen-bond acceptors (Lipinski definition) is 2. The van der Waals surface area contributed by atoms with Gasteiger partial charge in [0, 0.05) is 10.9 Å². The number of nitrogens with one attached hydrogen (secondary N) is 1. The van der Waals surface area contributed by atoms with Gasteiger partial charge in [-0.1, -0.05) is 18.2 Å². The molecular formula is C16H21NS. The van der Waals surface area contributed by atoms with Crippen LogP contribution in [0.3, 0.4) is 0 Å². The highest BCUT2D eigenvalue weighted by atomic mass is 32.1. The molecule has 2 heteroatoms. The minimum Gasteiger partial charge on any atom is -0.313 e. The number of likely N-dealkylation sites (N-methyl/N-ethyl adjacent to an activating group) is 1. The van der Waals surface area contributed by atoms with Crippen LogP contribution in [-0.4, -0.2) is 7.05 Å². The van der Waals surface area contributed by atoms with E-state index in [1.807, 2.05) is 18.4 Å². The summed E-state index contributed by atoms with van der Waals surface area (Å²) in [5, 5.41) is 5.61. The summed E-state index contributed by atoms with van der Waals surface area (Å²) in [5.74, 6) is 0. The van der Waals surface area contributed by atoms with Crippen LogP contribution in [0.2, 0.25) is 0 Å². The number of rotatable bonds is 4. The third-order valence-corrected chi connectivity index (χ3v) is 4.50. The van der Waals surface area contributed by atoms with Gasteiger partial charge in [0.05, 0.1) is 0 Å². The molecule has 0 saturated heterocycles. The highest BCUT2D eigenvalue weighted by Crippen LogP contribution is 2.25. The van der Waals surface area contributed by atoms with E-state index in [1.165, 1.54) is 27.1 Å². The van der Waals surface area contributed by atoms with Crippen molar-refractivity contribution < 1.29 is 0 Å². The van der Waals surface area contributed by atoms with E-state index < -0.39 is 0 Å². The van der Waals surface area contributed by atoms with Crippen LogP contribution >= 0.6 is 11.3 Å². The van der Waals surface area contributed by atoms with Gasteiger partial charge in [0.15, 0.2) is 0 Å². The molecule has 1 aromatic heterocycles. The third-order valence-electron chi connectivity index (χ3n) is 3.63. The molecule has 0 radical (unpaired) electrons. The van der Waals surface area contributed by atoms with Crippen LogP contribution < -0.4 is 5.32 Å². The lowest BCUT2D eigenvalue weighted by Crippen LogP contribution is -2.19. The van der Waals surface area contributed by atoms with E-state index >= 15 is 0 Å². The molecule has 1 N–H and O–H groups in total. The van der Waals surface area contributed by atoms with E-state index in [1.54, 1.807) is 0 Å². The zero-order valence-electron chi connectivity index (χ0n) is 11.6. The van der Waals surface area contributed by atoms with Crippen molar-refractivity contribution in [2.75, 3.05) is 7.05 Å². The second kappa shape index (κ2) is 5.68. The van der Waals surface area contributed by atoms with Crippen molar-refractivity contribution in [2.24, 2.45) is 0 Å². The van der Waals surface area contributed by atoms with Crippen LogP contribution in [-0.2, 0) is 6.42 Å². The van der Waals surface area contributed by atoms with Crippen molar-refractivity contribution in [1.29, 1.82) is 0 Å². The Hall–Kier alpha value is -1.12. The molecule has 0 bridgehead atoms. The molecule has 96 valence electrons. The average molecular weight is 259 g/mol. The van der Waals surface area contributed by atoms with Gasteiger partial charge in [0.25, 0.3) is 0 Å². The van der Waals surface area contributed by atoms with E-state index in [4.69, 9.17) is 0 Å². The van der Waals surface area contributed by atoms with Crippen molar-refractivity contribution in [2.45, 2.75) is 33.2 Å². The fourth-order valence-electron chi connectivity index (χ4n) is 2.29. The van der Waals surface area contributed by atoms with E-state index in [0.717, 1.165) is 6.42 Å². The van der Waals surface area contributed by atoms with Gasteiger partial charge in [-0.2, -0.15) is 0 Å². The van der Waals surface area contributed by atoms with Gasteiger partial charge in [-0.05, 0) is 67.9 Å². The summed E-state index contributed by atoms with van der Waals surface area (Å²) in [6.45, 7) is 6.55. The summed E-state index contributed by atoms with van der Waals surface area (Å²) in [6.07, 6.45) is 1.05. The van der Waals surface area contributed by atoms with Gasteiger partial charge in [-0.3, -0.25) is 0 Å². The molecular weight excluding hydrogens is 238 g/mol. The van der Waals surface area contributed by atoms with Crippen molar-refractivity contribution in [3.8, 4) is 0 Å². The molecule has 0 spiro atoms. The SMILES string of the molecule is CNC(Cc1ccc(C)c(C)c1)c1ccsc1C. The van der Waals surface area contributed by atoms with E-state index in [2.05, 4.69) is 55.7 Å². The maximum Gasteiger partial charge on any atom is 0.0369 e. The molecule has 2 rings (SSSR count). The minimum absolute atomic E-state index is 0.415. The van der Waals surface area contributed by atoms with Crippen molar-refractivity contribution >= 4 is 11.3 Å². The molecule has 0 aliphatic carbocycles. The molecule has 0 amide bonds. The van der Waals surface area contributed by atoms with Gasteiger partial charge < -0.3 is 5.32 Å². The van der Waals surface area contributed by atoms with Crippen molar-refractivity contribution in [3.63, 3.8) is 0 Å². The maximum absolute atomic E-state index is 3.43. The number of thiophene rings is 1. The Kier molecular flexibility index (Phi) is 4.20. The van der Waals surface area contributed by atoms with E-state index in [9.17, 15) is 0 Å². The van der Waals surface area contributed by atoms with Crippen molar-refractivity contribution in [3.05, 3.63) is 56.8 Å². The number of benzene rings is 1. The van der Waals surface area contributed by atoms with Gasteiger partial charge in [0.1, 0.15) is 0 Å². The summed E-state index contributed by atoms with van der Waals surface area (Å²) in [6, 6.07) is 9.42. The maximum atomic E-state index is 3.43. The number of aryl methyl sites for hydroxylation is 3. The first-order chi connectivity index (χ1) is 8.61. The Morgan fingerprint density at radius 3 is 2.44 bits per heavy atom. The fourth-order valence-corrected chi connectivity index (χ4v) is 3.06. The van der Waals surface area contributed by atoms with Crippen LogP contribution in [0.1, 0.15) is 33.2 Å². The largest absolute Gasteiger partial charge is 0.313 e. The first-order valence-corrected chi connectivity index (χ1v) is 7.27. The predicted molar refractivity (Wildman–Crippen MR) is 80.5 cm³/mol. The third kappa shape index (κ3) is 2.82. The smallest absolute Gasteiger partial charge is 0.0369 e. The van der Waals surface area contributed by atoms with Crippen LogP contribution in [0.5, 0.6) is 0 Å². The number of hydrogen-bond donors (Lipinski definition) is 1. The molecule has 0 aliphatic rings. The van der Waals surface area contributed by atoms with Gasteiger partial charge in [-0.15, -0.1) is 11.3 Å². The van der Waals surface area contributed by atoms with Gasteiger partial charge >= 0.3 is 0 Å². The zero-order valence-corrected chi connectivity index (χ0v) is 12.4. The van der Waals surface area contributed by atoms with Gasteiger partial charge in [-0.25, -0.2) is 0 Å².